The predicted octanol–water partition coefficient (Wildman–Crippen LogP) is 2.74. The van der Waals surface area contributed by atoms with E-state index >= 15 is 0 Å². The number of fused-ring (bicyclic) bond motifs is 1. The number of aryl methyl sites for hydroxylation is 1. The quantitative estimate of drug-likeness (QED) is 0.730. The van der Waals surface area contributed by atoms with Crippen molar-refractivity contribution < 1.29 is 0 Å². The van der Waals surface area contributed by atoms with Crippen molar-refractivity contribution >= 4 is 0 Å². The molecule has 0 bridgehead atoms. The first kappa shape index (κ1) is 10.7. The van der Waals surface area contributed by atoms with Crippen LogP contribution in [0, 0.1) is 5.92 Å². The van der Waals surface area contributed by atoms with Crippen LogP contribution in [0.15, 0.2) is 24.3 Å². The molecule has 2 rings (SSSR count). The molecule has 0 saturated carbocycles. The van der Waals surface area contributed by atoms with Crippen LogP contribution < -0.4 is 0 Å². The molecule has 15 heavy (non-hydrogen) atoms. The first-order valence-corrected chi connectivity index (χ1v) is 5.97. The van der Waals surface area contributed by atoms with Crippen LogP contribution in [-0.4, -0.2) is 25.5 Å². The second-order valence-electron chi connectivity index (χ2n) is 4.97. The fourth-order valence-corrected chi connectivity index (χ4v) is 2.46. The fraction of sp³-hybridized carbons (Fsp3) is 0.571. The topological polar surface area (TPSA) is 3.24 Å². The molecule has 1 nitrogen and oxygen atoms in total. The molecule has 0 heterocycles. The smallest absolute Gasteiger partial charge is 0.00221 e. The van der Waals surface area contributed by atoms with Crippen molar-refractivity contribution in [2.45, 2.75) is 25.7 Å². The third-order valence-corrected chi connectivity index (χ3v) is 3.43. The Kier molecular flexibility index (Phi) is 3.42. The lowest BCUT2D eigenvalue weighted by Gasteiger charge is -2.25. The van der Waals surface area contributed by atoms with Crippen LogP contribution in [0.2, 0.25) is 0 Å². The lowest BCUT2D eigenvalue weighted by atomic mass is 9.82. The molecule has 82 valence electrons. The van der Waals surface area contributed by atoms with Crippen LogP contribution in [0.4, 0.5) is 0 Å². The van der Waals surface area contributed by atoms with Crippen LogP contribution in [-0.2, 0) is 12.8 Å². The summed E-state index contributed by atoms with van der Waals surface area (Å²) in [6.45, 7) is 1.23. The van der Waals surface area contributed by atoms with Crippen molar-refractivity contribution in [3.05, 3.63) is 35.4 Å². The molecule has 0 aliphatic heterocycles. The van der Waals surface area contributed by atoms with Crippen LogP contribution >= 0.6 is 0 Å². The molecule has 1 aliphatic rings. The highest BCUT2D eigenvalue weighted by molar-refractivity contribution is 5.29. The Hall–Kier alpha value is -0.820. The number of hydrogen-bond acceptors (Lipinski definition) is 1. The van der Waals surface area contributed by atoms with Crippen molar-refractivity contribution in [3.63, 3.8) is 0 Å². The van der Waals surface area contributed by atoms with E-state index in [4.69, 9.17) is 0 Å². The van der Waals surface area contributed by atoms with Gasteiger partial charge in [-0.2, -0.15) is 0 Å². The monoisotopic (exact) mass is 203 g/mol. The molecule has 0 fully saturated rings. The van der Waals surface area contributed by atoms with Crippen LogP contribution in [0.5, 0.6) is 0 Å². The summed E-state index contributed by atoms with van der Waals surface area (Å²) in [7, 11) is 4.33. The van der Waals surface area contributed by atoms with Crippen molar-refractivity contribution in [1.29, 1.82) is 0 Å². The highest BCUT2D eigenvalue weighted by atomic mass is 15.0. The standard InChI is InChI=1S/C14H21N/c1-15(2)10-9-12-7-8-13-5-3-4-6-14(13)11-12/h3-6,12H,7-11H2,1-2H3. The fourth-order valence-electron chi connectivity index (χ4n) is 2.46. The summed E-state index contributed by atoms with van der Waals surface area (Å²) in [6, 6.07) is 8.93. The van der Waals surface area contributed by atoms with Crippen LogP contribution in [0.25, 0.3) is 0 Å². The van der Waals surface area contributed by atoms with E-state index in [1.54, 1.807) is 11.1 Å². The minimum Gasteiger partial charge on any atom is -0.309 e. The largest absolute Gasteiger partial charge is 0.309 e. The molecule has 0 N–H and O–H groups in total. The molecule has 1 heteroatoms. The summed E-state index contributed by atoms with van der Waals surface area (Å²) in [4.78, 5) is 2.29. The van der Waals surface area contributed by atoms with Crippen molar-refractivity contribution in [2.75, 3.05) is 20.6 Å². The maximum Gasteiger partial charge on any atom is -0.00221 e. The number of benzene rings is 1. The molecule has 0 spiro atoms. The Morgan fingerprint density at radius 1 is 1.20 bits per heavy atom. The second kappa shape index (κ2) is 4.80. The molecule has 1 atom stereocenters. The van der Waals surface area contributed by atoms with Gasteiger partial charge in [-0.05, 0) is 63.4 Å². The van der Waals surface area contributed by atoms with E-state index in [-0.39, 0.29) is 0 Å². The van der Waals surface area contributed by atoms with Gasteiger partial charge in [0.25, 0.3) is 0 Å². The maximum atomic E-state index is 2.30. The molecular weight excluding hydrogens is 182 g/mol. The summed E-state index contributed by atoms with van der Waals surface area (Å²) >= 11 is 0. The summed E-state index contributed by atoms with van der Waals surface area (Å²) in [5.41, 5.74) is 3.17. The second-order valence-corrected chi connectivity index (χ2v) is 4.97. The van der Waals surface area contributed by atoms with E-state index in [0.717, 1.165) is 5.92 Å². The van der Waals surface area contributed by atoms with Crippen LogP contribution in [0.3, 0.4) is 0 Å². The highest BCUT2D eigenvalue weighted by Crippen LogP contribution is 2.27. The average molecular weight is 203 g/mol. The minimum absolute atomic E-state index is 0.905. The molecule has 1 unspecified atom stereocenters. The lowest BCUT2D eigenvalue weighted by molar-refractivity contribution is 0.331. The van der Waals surface area contributed by atoms with Crippen molar-refractivity contribution in [3.8, 4) is 0 Å². The van der Waals surface area contributed by atoms with Gasteiger partial charge >= 0.3 is 0 Å². The molecule has 1 aromatic rings. The summed E-state index contributed by atoms with van der Waals surface area (Å²) in [5, 5.41) is 0. The Morgan fingerprint density at radius 2 is 1.93 bits per heavy atom. The van der Waals surface area contributed by atoms with Crippen LogP contribution in [0.1, 0.15) is 24.0 Å². The van der Waals surface area contributed by atoms with Gasteiger partial charge in [-0.25, -0.2) is 0 Å². The van der Waals surface area contributed by atoms with Gasteiger partial charge in [0.1, 0.15) is 0 Å². The predicted molar refractivity (Wildman–Crippen MR) is 65.1 cm³/mol. The summed E-state index contributed by atoms with van der Waals surface area (Å²) in [6.07, 6.45) is 5.31. The number of rotatable bonds is 3. The summed E-state index contributed by atoms with van der Waals surface area (Å²) in [5.74, 6) is 0.905. The van der Waals surface area contributed by atoms with Gasteiger partial charge in [-0.3, -0.25) is 0 Å². The number of hydrogen-bond donors (Lipinski definition) is 0. The number of nitrogens with zero attached hydrogens (tertiary/aromatic N) is 1. The lowest BCUT2D eigenvalue weighted by Crippen LogP contribution is -2.21. The van der Waals surface area contributed by atoms with E-state index in [1.807, 2.05) is 0 Å². The van der Waals surface area contributed by atoms with Gasteiger partial charge in [0.05, 0.1) is 0 Å². The van der Waals surface area contributed by atoms with E-state index in [2.05, 4.69) is 43.3 Å². The summed E-state index contributed by atoms with van der Waals surface area (Å²) < 4.78 is 0. The normalized spacial score (nSPS) is 20.3. The van der Waals surface area contributed by atoms with Gasteiger partial charge in [0.15, 0.2) is 0 Å². The molecule has 0 amide bonds. The molecule has 0 radical (unpaired) electrons. The Bertz CT molecular complexity index is 317. The zero-order valence-electron chi connectivity index (χ0n) is 9.87. The first-order chi connectivity index (χ1) is 7.25. The average Bonchev–Trinajstić information content (AvgIpc) is 2.26. The van der Waals surface area contributed by atoms with Crippen molar-refractivity contribution in [1.82, 2.24) is 4.90 Å². The minimum atomic E-state index is 0.905. The van der Waals surface area contributed by atoms with E-state index < -0.39 is 0 Å². The van der Waals surface area contributed by atoms with E-state index in [1.165, 1.54) is 32.2 Å². The molecule has 0 aromatic heterocycles. The van der Waals surface area contributed by atoms with E-state index in [0.29, 0.717) is 0 Å². The molecule has 1 aliphatic carbocycles. The maximum absolute atomic E-state index is 2.30. The zero-order chi connectivity index (χ0) is 10.7. The van der Waals surface area contributed by atoms with Gasteiger partial charge in [0, 0.05) is 0 Å². The Morgan fingerprint density at radius 3 is 2.67 bits per heavy atom. The Balaban J connectivity index is 1.94. The molecular formula is C14H21N. The Labute approximate surface area is 93.1 Å². The SMILES string of the molecule is CN(C)CCC1CCc2ccccc2C1. The zero-order valence-corrected chi connectivity index (χ0v) is 9.87. The third-order valence-electron chi connectivity index (χ3n) is 3.43. The highest BCUT2D eigenvalue weighted by Gasteiger charge is 2.17. The third kappa shape index (κ3) is 2.82. The van der Waals surface area contributed by atoms with Gasteiger partial charge < -0.3 is 4.90 Å². The van der Waals surface area contributed by atoms with Gasteiger partial charge in [-0.1, -0.05) is 24.3 Å². The first-order valence-electron chi connectivity index (χ1n) is 5.97. The van der Waals surface area contributed by atoms with Gasteiger partial charge in [0.2, 0.25) is 0 Å². The molecule has 0 saturated heterocycles. The molecule has 1 aromatic carbocycles. The van der Waals surface area contributed by atoms with Gasteiger partial charge in [-0.15, -0.1) is 0 Å². The van der Waals surface area contributed by atoms with E-state index in [9.17, 15) is 0 Å². The van der Waals surface area contributed by atoms with Crippen molar-refractivity contribution in [2.24, 2.45) is 5.92 Å².